The van der Waals surface area contributed by atoms with E-state index in [4.69, 9.17) is 5.73 Å². The van der Waals surface area contributed by atoms with Crippen LogP contribution in [0, 0.1) is 5.82 Å². The minimum Gasteiger partial charge on any atom is -0.374 e. The van der Waals surface area contributed by atoms with Gasteiger partial charge in [-0.3, -0.25) is 10.1 Å². The number of nitrogens with two attached hydrogens (primary N) is 1. The molecule has 0 saturated carbocycles. The van der Waals surface area contributed by atoms with Gasteiger partial charge < -0.3 is 5.73 Å². The molecule has 0 fully saturated rings. The fraction of sp³-hybridized carbons (Fsp3) is 0. The first-order valence-corrected chi connectivity index (χ1v) is 6.02. The first kappa shape index (κ1) is 11.9. The highest BCUT2D eigenvalue weighted by atomic mass is 79.9. The van der Waals surface area contributed by atoms with Crippen LogP contribution in [0.25, 0.3) is 0 Å². The highest BCUT2D eigenvalue weighted by Crippen LogP contribution is 2.20. The summed E-state index contributed by atoms with van der Waals surface area (Å²) in [6, 6.07) is 3.96. The van der Waals surface area contributed by atoms with Crippen molar-refractivity contribution in [3.8, 4) is 0 Å². The van der Waals surface area contributed by atoms with Crippen LogP contribution < -0.4 is 11.1 Å². The zero-order valence-corrected chi connectivity index (χ0v) is 10.7. The number of carbonyl (C=O) groups excluding carboxylic acids is 1. The van der Waals surface area contributed by atoms with E-state index in [0.29, 0.717) is 10.7 Å². The van der Waals surface area contributed by atoms with E-state index in [0.717, 1.165) is 11.3 Å². The summed E-state index contributed by atoms with van der Waals surface area (Å²) in [6.45, 7) is 0. The van der Waals surface area contributed by atoms with Crippen molar-refractivity contribution in [1.82, 2.24) is 10.2 Å². The number of hydrogen-bond acceptors (Lipinski definition) is 5. The molecule has 17 heavy (non-hydrogen) atoms. The molecule has 3 N–H and O–H groups in total. The van der Waals surface area contributed by atoms with Gasteiger partial charge in [0, 0.05) is 5.56 Å². The highest BCUT2D eigenvalue weighted by molar-refractivity contribution is 9.10. The van der Waals surface area contributed by atoms with Crippen molar-refractivity contribution in [3.63, 3.8) is 0 Å². The standard InChI is InChI=1S/C9H6BrFN4OS/c10-5-3-4(1-2-6(5)11)7(16)13-9-15-14-8(12)17-9/h1-3H,(H2,12,14)(H,13,15,16). The molecule has 1 aromatic heterocycles. The lowest BCUT2D eigenvalue weighted by molar-refractivity contribution is 0.102. The number of aromatic nitrogens is 2. The zero-order chi connectivity index (χ0) is 12.4. The minimum atomic E-state index is -0.429. The van der Waals surface area contributed by atoms with Gasteiger partial charge in [-0.1, -0.05) is 11.3 Å². The van der Waals surface area contributed by atoms with Crippen LogP contribution in [0.1, 0.15) is 10.4 Å². The van der Waals surface area contributed by atoms with E-state index in [-0.39, 0.29) is 9.60 Å². The molecule has 0 atom stereocenters. The van der Waals surface area contributed by atoms with E-state index in [1.165, 1.54) is 18.2 Å². The maximum Gasteiger partial charge on any atom is 0.257 e. The van der Waals surface area contributed by atoms with Gasteiger partial charge in [-0.05, 0) is 34.1 Å². The number of nitrogen functional groups attached to an aromatic ring is 1. The molecule has 0 aliphatic rings. The lowest BCUT2D eigenvalue weighted by Crippen LogP contribution is -2.11. The molecule has 0 spiro atoms. The number of anilines is 2. The third kappa shape index (κ3) is 2.77. The summed E-state index contributed by atoms with van der Waals surface area (Å²) in [7, 11) is 0. The van der Waals surface area contributed by atoms with Gasteiger partial charge in [0.15, 0.2) is 0 Å². The largest absolute Gasteiger partial charge is 0.374 e. The van der Waals surface area contributed by atoms with E-state index >= 15 is 0 Å². The van der Waals surface area contributed by atoms with Crippen molar-refractivity contribution in [1.29, 1.82) is 0 Å². The Hall–Kier alpha value is -1.54. The maximum absolute atomic E-state index is 13.0. The molecule has 8 heteroatoms. The lowest BCUT2D eigenvalue weighted by Gasteiger charge is -2.02. The van der Waals surface area contributed by atoms with Gasteiger partial charge in [-0.15, -0.1) is 10.2 Å². The van der Waals surface area contributed by atoms with Crippen molar-refractivity contribution in [2.24, 2.45) is 0 Å². The molecule has 0 unspecified atom stereocenters. The van der Waals surface area contributed by atoms with Crippen LogP contribution in [-0.2, 0) is 0 Å². The molecular formula is C9H6BrFN4OS. The van der Waals surface area contributed by atoms with Gasteiger partial charge in [-0.2, -0.15) is 0 Å². The van der Waals surface area contributed by atoms with Gasteiger partial charge in [-0.25, -0.2) is 4.39 Å². The monoisotopic (exact) mass is 316 g/mol. The van der Waals surface area contributed by atoms with Crippen LogP contribution in [-0.4, -0.2) is 16.1 Å². The van der Waals surface area contributed by atoms with E-state index in [2.05, 4.69) is 31.4 Å². The minimum absolute atomic E-state index is 0.224. The Kier molecular flexibility index (Phi) is 3.34. The smallest absolute Gasteiger partial charge is 0.257 e. The number of halogens is 2. The number of benzene rings is 1. The van der Waals surface area contributed by atoms with Crippen LogP contribution in [0.4, 0.5) is 14.7 Å². The van der Waals surface area contributed by atoms with Gasteiger partial charge in [0.1, 0.15) is 5.82 Å². The number of nitrogens with one attached hydrogen (secondary N) is 1. The van der Waals surface area contributed by atoms with Crippen LogP contribution in [0.2, 0.25) is 0 Å². The average Bonchev–Trinajstić information content (AvgIpc) is 2.68. The van der Waals surface area contributed by atoms with Crippen molar-refractivity contribution in [2.75, 3.05) is 11.1 Å². The maximum atomic E-state index is 13.0. The second-order valence-electron chi connectivity index (χ2n) is 3.03. The summed E-state index contributed by atoms with van der Waals surface area (Å²) in [4.78, 5) is 11.7. The fourth-order valence-corrected chi connectivity index (χ4v) is 1.98. The quantitative estimate of drug-likeness (QED) is 0.890. The number of rotatable bonds is 2. The Morgan fingerprint density at radius 2 is 2.24 bits per heavy atom. The number of nitrogens with zero attached hydrogens (tertiary/aromatic N) is 2. The van der Waals surface area contributed by atoms with Crippen molar-refractivity contribution < 1.29 is 9.18 Å². The molecule has 0 radical (unpaired) electrons. The van der Waals surface area contributed by atoms with E-state index < -0.39 is 11.7 Å². The van der Waals surface area contributed by atoms with Crippen molar-refractivity contribution in [3.05, 3.63) is 34.1 Å². The fourth-order valence-electron chi connectivity index (χ4n) is 1.09. The normalized spacial score (nSPS) is 10.2. The molecule has 2 rings (SSSR count). The first-order valence-electron chi connectivity index (χ1n) is 4.41. The predicted molar refractivity (Wildman–Crippen MR) is 66.4 cm³/mol. The SMILES string of the molecule is Nc1nnc(NC(=O)c2ccc(F)c(Br)c2)s1. The van der Waals surface area contributed by atoms with Gasteiger partial charge >= 0.3 is 0 Å². The molecule has 88 valence electrons. The third-order valence-electron chi connectivity index (χ3n) is 1.84. The Morgan fingerprint density at radius 3 is 2.82 bits per heavy atom. The van der Waals surface area contributed by atoms with E-state index in [1.807, 2.05) is 0 Å². The molecule has 0 aliphatic heterocycles. The molecule has 0 aliphatic carbocycles. The molecule has 0 bridgehead atoms. The molecule has 2 aromatic rings. The highest BCUT2D eigenvalue weighted by Gasteiger charge is 2.11. The van der Waals surface area contributed by atoms with Crippen LogP contribution >= 0.6 is 27.3 Å². The van der Waals surface area contributed by atoms with Crippen LogP contribution in [0.3, 0.4) is 0 Å². The molecule has 0 saturated heterocycles. The molecule has 5 nitrogen and oxygen atoms in total. The lowest BCUT2D eigenvalue weighted by atomic mass is 10.2. The first-order chi connectivity index (χ1) is 8.06. The summed E-state index contributed by atoms with van der Waals surface area (Å²) in [5, 5.41) is 10.3. The van der Waals surface area contributed by atoms with Crippen LogP contribution in [0.5, 0.6) is 0 Å². The van der Waals surface area contributed by atoms with E-state index in [9.17, 15) is 9.18 Å². The summed E-state index contributed by atoms with van der Waals surface area (Å²) in [6.07, 6.45) is 0. The second kappa shape index (κ2) is 4.76. The molecule has 1 heterocycles. The Morgan fingerprint density at radius 1 is 1.47 bits per heavy atom. The Bertz CT molecular complexity index is 574. The van der Waals surface area contributed by atoms with Gasteiger partial charge in [0.05, 0.1) is 4.47 Å². The Labute approximate surface area is 108 Å². The molecule has 1 aromatic carbocycles. The predicted octanol–water partition coefficient (Wildman–Crippen LogP) is 2.27. The topological polar surface area (TPSA) is 80.9 Å². The molecular weight excluding hydrogens is 311 g/mol. The van der Waals surface area contributed by atoms with E-state index in [1.54, 1.807) is 0 Å². The number of amides is 1. The van der Waals surface area contributed by atoms with Crippen LogP contribution in [0.15, 0.2) is 22.7 Å². The number of hydrogen-bond donors (Lipinski definition) is 2. The Balaban J connectivity index is 2.17. The van der Waals surface area contributed by atoms with Gasteiger partial charge in [0.25, 0.3) is 5.91 Å². The molecule has 1 amide bonds. The summed E-state index contributed by atoms with van der Waals surface area (Å²) in [5.74, 6) is -0.830. The second-order valence-corrected chi connectivity index (χ2v) is 4.89. The van der Waals surface area contributed by atoms with Crippen molar-refractivity contribution >= 4 is 43.4 Å². The summed E-state index contributed by atoms with van der Waals surface area (Å²) < 4.78 is 13.2. The number of carbonyl (C=O) groups is 1. The summed E-state index contributed by atoms with van der Waals surface area (Å²) in [5.41, 5.74) is 5.69. The third-order valence-corrected chi connectivity index (χ3v) is 3.12. The zero-order valence-electron chi connectivity index (χ0n) is 8.28. The average molecular weight is 317 g/mol. The van der Waals surface area contributed by atoms with Crippen molar-refractivity contribution in [2.45, 2.75) is 0 Å². The summed E-state index contributed by atoms with van der Waals surface area (Å²) >= 11 is 4.06. The van der Waals surface area contributed by atoms with Gasteiger partial charge in [0.2, 0.25) is 10.3 Å².